The van der Waals surface area contributed by atoms with Gasteiger partial charge in [-0.25, -0.2) is 5.43 Å². The standard InChI is InChI=1S/C12H13N3O2/c1-9(14-15-12(17)11(13)16)7-8-10-5-3-2-4-6-10/h2-8H,1H3,(H2,13,16)(H,15,17). The van der Waals surface area contributed by atoms with Crippen molar-refractivity contribution in [2.45, 2.75) is 6.92 Å². The molecule has 1 aromatic rings. The van der Waals surface area contributed by atoms with Crippen LogP contribution in [0.15, 0.2) is 41.5 Å². The van der Waals surface area contributed by atoms with E-state index in [2.05, 4.69) is 5.10 Å². The highest BCUT2D eigenvalue weighted by atomic mass is 16.2. The second-order valence-electron chi connectivity index (χ2n) is 3.30. The number of nitrogens with zero attached hydrogens (tertiary/aromatic N) is 1. The van der Waals surface area contributed by atoms with Gasteiger partial charge in [-0.15, -0.1) is 0 Å². The molecule has 0 spiro atoms. The fourth-order valence-electron chi connectivity index (χ4n) is 1.01. The van der Waals surface area contributed by atoms with Crippen molar-refractivity contribution in [3.63, 3.8) is 0 Å². The van der Waals surface area contributed by atoms with E-state index in [1.165, 1.54) is 0 Å². The van der Waals surface area contributed by atoms with E-state index >= 15 is 0 Å². The minimum absolute atomic E-state index is 0.559. The Balaban J connectivity index is 2.57. The van der Waals surface area contributed by atoms with Crippen LogP contribution in [0.2, 0.25) is 0 Å². The molecule has 0 atom stereocenters. The smallest absolute Gasteiger partial charge is 0.329 e. The van der Waals surface area contributed by atoms with Crippen LogP contribution < -0.4 is 11.2 Å². The number of hydrogen-bond acceptors (Lipinski definition) is 3. The fraction of sp³-hybridized carbons (Fsp3) is 0.0833. The van der Waals surface area contributed by atoms with Gasteiger partial charge in [0, 0.05) is 0 Å². The van der Waals surface area contributed by atoms with E-state index in [1.54, 1.807) is 13.0 Å². The Bertz CT molecular complexity index is 464. The Labute approximate surface area is 99.0 Å². The van der Waals surface area contributed by atoms with Crippen LogP contribution in [0.4, 0.5) is 0 Å². The van der Waals surface area contributed by atoms with Gasteiger partial charge in [0.1, 0.15) is 0 Å². The normalized spacial score (nSPS) is 11.5. The van der Waals surface area contributed by atoms with Gasteiger partial charge in [0.15, 0.2) is 0 Å². The maximum absolute atomic E-state index is 10.8. The Morgan fingerprint density at radius 1 is 1.29 bits per heavy atom. The van der Waals surface area contributed by atoms with Crippen molar-refractivity contribution in [1.82, 2.24) is 5.43 Å². The van der Waals surface area contributed by atoms with Crippen molar-refractivity contribution in [3.8, 4) is 0 Å². The number of nitrogens with one attached hydrogen (secondary N) is 1. The van der Waals surface area contributed by atoms with Crippen molar-refractivity contribution in [2.75, 3.05) is 0 Å². The van der Waals surface area contributed by atoms with Gasteiger partial charge in [-0.3, -0.25) is 9.59 Å². The number of amides is 2. The van der Waals surface area contributed by atoms with Crippen LogP contribution in [0.5, 0.6) is 0 Å². The average molecular weight is 231 g/mol. The molecule has 0 heterocycles. The summed E-state index contributed by atoms with van der Waals surface area (Å²) >= 11 is 0. The molecule has 5 nitrogen and oxygen atoms in total. The van der Waals surface area contributed by atoms with Crippen molar-refractivity contribution in [2.24, 2.45) is 10.8 Å². The summed E-state index contributed by atoms with van der Waals surface area (Å²) in [6.07, 6.45) is 3.56. The van der Waals surface area contributed by atoms with Crippen LogP contribution >= 0.6 is 0 Å². The van der Waals surface area contributed by atoms with Crippen LogP contribution in [0.3, 0.4) is 0 Å². The van der Waals surface area contributed by atoms with Gasteiger partial charge >= 0.3 is 11.8 Å². The van der Waals surface area contributed by atoms with E-state index in [9.17, 15) is 9.59 Å². The number of allylic oxidation sites excluding steroid dienone is 1. The Hall–Kier alpha value is -2.43. The van der Waals surface area contributed by atoms with E-state index < -0.39 is 11.8 Å². The SMILES string of the molecule is CC(C=Cc1ccccc1)=NNC(=O)C(N)=O. The lowest BCUT2D eigenvalue weighted by Crippen LogP contribution is -2.33. The van der Waals surface area contributed by atoms with Crippen LogP contribution in [-0.4, -0.2) is 17.5 Å². The summed E-state index contributed by atoms with van der Waals surface area (Å²) in [4.78, 5) is 21.2. The lowest BCUT2D eigenvalue weighted by atomic mass is 10.2. The number of carbonyl (C=O) groups excluding carboxylic acids is 2. The van der Waals surface area contributed by atoms with Gasteiger partial charge in [0.05, 0.1) is 5.71 Å². The zero-order valence-electron chi connectivity index (χ0n) is 9.38. The monoisotopic (exact) mass is 231 g/mol. The number of nitrogens with two attached hydrogens (primary N) is 1. The molecule has 0 saturated carbocycles. The van der Waals surface area contributed by atoms with E-state index in [0.717, 1.165) is 5.56 Å². The zero-order valence-corrected chi connectivity index (χ0v) is 9.38. The number of rotatable bonds is 3. The molecule has 0 saturated heterocycles. The van der Waals surface area contributed by atoms with Gasteiger partial charge in [-0.2, -0.15) is 5.10 Å². The molecule has 0 aliphatic rings. The molecule has 0 aromatic heterocycles. The summed E-state index contributed by atoms with van der Waals surface area (Å²) in [7, 11) is 0. The quantitative estimate of drug-likeness (QED) is 0.455. The summed E-state index contributed by atoms with van der Waals surface area (Å²) < 4.78 is 0. The third kappa shape index (κ3) is 4.74. The number of hydrazone groups is 1. The summed E-state index contributed by atoms with van der Waals surface area (Å²) in [6.45, 7) is 1.70. The van der Waals surface area contributed by atoms with Crippen LogP contribution in [0.1, 0.15) is 12.5 Å². The Kier molecular flexibility index (Phi) is 4.62. The van der Waals surface area contributed by atoms with Crippen LogP contribution in [0.25, 0.3) is 6.08 Å². The maximum Gasteiger partial charge on any atom is 0.329 e. The Morgan fingerprint density at radius 2 is 1.94 bits per heavy atom. The maximum atomic E-state index is 10.8. The predicted octanol–water partition coefficient (Wildman–Crippen LogP) is 0.677. The first-order chi connectivity index (χ1) is 8.09. The summed E-state index contributed by atoms with van der Waals surface area (Å²) in [5.41, 5.74) is 8.37. The third-order valence-electron chi connectivity index (χ3n) is 1.87. The molecule has 1 aromatic carbocycles. The van der Waals surface area contributed by atoms with Crippen molar-refractivity contribution < 1.29 is 9.59 Å². The number of benzene rings is 1. The second-order valence-corrected chi connectivity index (χ2v) is 3.30. The van der Waals surface area contributed by atoms with E-state index in [4.69, 9.17) is 5.73 Å². The molecule has 17 heavy (non-hydrogen) atoms. The molecule has 0 unspecified atom stereocenters. The van der Waals surface area contributed by atoms with Crippen molar-refractivity contribution in [3.05, 3.63) is 42.0 Å². The van der Waals surface area contributed by atoms with Gasteiger partial charge in [0.2, 0.25) is 0 Å². The minimum atomic E-state index is -1.06. The first-order valence-corrected chi connectivity index (χ1v) is 4.97. The minimum Gasteiger partial charge on any atom is -0.361 e. The fourth-order valence-corrected chi connectivity index (χ4v) is 1.01. The predicted molar refractivity (Wildman–Crippen MR) is 65.9 cm³/mol. The Morgan fingerprint density at radius 3 is 2.53 bits per heavy atom. The van der Waals surface area contributed by atoms with E-state index in [-0.39, 0.29) is 0 Å². The van der Waals surface area contributed by atoms with Gasteiger partial charge in [-0.05, 0) is 18.6 Å². The topological polar surface area (TPSA) is 84.6 Å². The molecule has 5 heteroatoms. The third-order valence-corrected chi connectivity index (χ3v) is 1.87. The van der Waals surface area contributed by atoms with Crippen LogP contribution in [0, 0.1) is 0 Å². The number of primary amides is 1. The first kappa shape index (κ1) is 12.6. The highest BCUT2D eigenvalue weighted by Crippen LogP contribution is 2.00. The highest BCUT2D eigenvalue weighted by Gasteiger charge is 2.05. The molecule has 0 bridgehead atoms. The summed E-state index contributed by atoms with van der Waals surface area (Å²) in [5.74, 6) is -1.99. The molecule has 2 amide bonds. The molecular weight excluding hydrogens is 218 g/mol. The molecular formula is C12H13N3O2. The van der Waals surface area contributed by atoms with Crippen molar-refractivity contribution >= 4 is 23.6 Å². The first-order valence-electron chi connectivity index (χ1n) is 4.97. The molecule has 1 rings (SSSR count). The van der Waals surface area contributed by atoms with Crippen LogP contribution in [-0.2, 0) is 9.59 Å². The molecule has 3 N–H and O–H groups in total. The molecule has 88 valence electrons. The van der Waals surface area contributed by atoms with Crippen molar-refractivity contribution in [1.29, 1.82) is 0 Å². The van der Waals surface area contributed by atoms with E-state index in [0.29, 0.717) is 5.71 Å². The zero-order chi connectivity index (χ0) is 12.7. The summed E-state index contributed by atoms with van der Waals surface area (Å²) in [6, 6.07) is 9.63. The second kappa shape index (κ2) is 6.22. The molecule has 0 radical (unpaired) electrons. The highest BCUT2D eigenvalue weighted by molar-refractivity contribution is 6.34. The lowest BCUT2D eigenvalue weighted by Gasteiger charge is -1.95. The van der Waals surface area contributed by atoms with Gasteiger partial charge < -0.3 is 5.73 Å². The number of hydrogen-bond donors (Lipinski definition) is 2. The van der Waals surface area contributed by atoms with E-state index in [1.807, 2.05) is 41.8 Å². The van der Waals surface area contributed by atoms with Gasteiger partial charge in [0.25, 0.3) is 0 Å². The molecule has 0 aliphatic heterocycles. The summed E-state index contributed by atoms with van der Waals surface area (Å²) in [5, 5.41) is 3.69. The number of carbonyl (C=O) groups is 2. The molecule has 0 aliphatic carbocycles. The molecule has 0 fully saturated rings. The average Bonchev–Trinajstić information content (AvgIpc) is 2.34. The lowest BCUT2D eigenvalue weighted by molar-refractivity contribution is -0.137. The largest absolute Gasteiger partial charge is 0.361 e. The van der Waals surface area contributed by atoms with Gasteiger partial charge in [-0.1, -0.05) is 36.4 Å².